The normalized spacial score (nSPS) is 21.2. The molecule has 1 fully saturated rings. The highest BCUT2D eigenvalue weighted by Gasteiger charge is 2.19. The maximum absolute atomic E-state index is 4.28. The third-order valence-corrected chi connectivity index (χ3v) is 4.15. The van der Waals surface area contributed by atoms with Gasteiger partial charge in [0.05, 0.1) is 0 Å². The molecule has 0 spiro atoms. The van der Waals surface area contributed by atoms with Crippen LogP contribution in [0.4, 0.5) is 0 Å². The number of nitrogens with zero attached hydrogens (tertiary/aromatic N) is 2. The number of likely N-dealkylation sites (tertiary alicyclic amines) is 1. The van der Waals surface area contributed by atoms with E-state index in [4.69, 9.17) is 0 Å². The number of nitrogens with one attached hydrogen (secondary N) is 2. The van der Waals surface area contributed by atoms with Gasteiger partial charge in [0.1, 0.15) is 0 Å². The van der Waals surface area contributed by atoms with Crippen LogP contribution in [0.2, 0.25) is 0 Å². The van der Waals surface area contributed by atoms with Crippen molar-refractivity contribution in [2.45, 2.75) is 58.9 Å². The summed E-state index contributed by atoms with van der Waals surface area (Å²) in [7, 11) is 1.85. The number of hydrogen-bond donors (Lipinski definition) is 2. The molecule has 0 aliphatic carbocycles. The predicted molar refractivity (Wildman–Crippen MR) is 88.3 cm³/mol. The van der Waals surface area contributed by atoms with Crippen molar-refractivity contribution in [3.8, 4) is 0 Å². The zero-order valence-corrected chi connectivity index (χ0v) is 13.9. The van der Waals surface area contributed by atoms with Crippen LogP contribution in [-0.2, 0) is 0 Å². The molecule has 1 heterocycles. The Morgan fingerprint density at radius 2 is 2.00 bits per heavy atom. The van der Waals surface area contributed by atoms with Crippen LogP contribution in [0.25, 0.3) is 0 Å². The highest BCUT2D eigenvalue weighted by Crippen LogP contribution is 2.18. The van der Waals surface area contributed by atoms with Crippen LogP contribution in [0.5, 0.6) is 0 Å². The molecule has 0 saturated carbocycles. The van der Waals surface area contributed by atoms with E-state index in [0.717, 1.165) is 37.6 Å². The maximum atomic E-state index is 4.28. The van der Waals surface area contributed by atoms with E-state index in [1.165, 1.54) is 38.6 Å². The van der Waals surface area contributed by atoms with Crippen LogP contribution in [0.15, 0.2) is 4.99 Å². The topological polar surface area (TPSA) is 39.7 Å². The van der Waals surface area contributed by atoms with Crippen LogP contribution in [0, 0.1) is 5.92 Å². The fourth-order valence-electron chi connectivity index (χ4n) is 2.83. The Balaban J connectivity index is 2.20. The van der Waals surface area contributed by atoms with Crippen molar-refractivity contribution in [2.24, 2.45) is 10.9 Å². The van der Waals surface area contributed by atoms with E-state index in [1.54, 1.807) is 0 Å². The van der Waals surface area contributed by atoms with Gasteiger partial charge in [0.25, 0.3) is 0 Å². The molecular formula is C16H34N4. The summed E-state index contributed by atoms with van der Waals surface area (Å²) in [5.41, 5.74) is 0. The summed E-state index contributed by atoms with van der Waals surface area (Å²) in [5.74, 6) is 1.68. The second-order valence-electron chi connectivity index (χ2n) is 6.20. The Morgan fingerprint density at radius 3 is 2.65 bits per heavy atom. The van der Waals surface area contributed by atoms with Crippen molar-refractivity contribution in [1.82, 2.24) is 15.5 Å². The van der Waals surface area contributed by atoms with Gasteiger partial charge in [0.2, 0.25) is 0 Å². The van der Waals surface area contributed by atoms with E-state index in [9.17, 15) is 0 Å². The smallest absolute Gasteiger partial charge is 0.191 e. The molecule has 1 saturated heterocycles. The molecule has 20 heavy (non-hydrogen) atoms. The minimum Gasteiger partial charge on any atom is -0.356 e. The highest BCUT2D eigenvalue weighted by atomic mass is 15.2. The summed E-state index contributed by atoms with van der Waals surface area (Å²) >= 11 is 0. The Morgan fingerprint density at radius 1 is 1.25 bits per heavy atom. The molecule has 0 radical (unpaired) electrons. The van der Waals surface area contributed by atoms with E-state index in [-0.39, 0.29) is 0 Å². The van der Waals surface area contributed by atoms with Crippen molar-refractivity contribution >= 4 is 5.96 Å². The van der Waals surface area contributed by atoms with E-state index < -0.39 is 0 Å². The van der Waals surface area contributed by atoms with Crippen LogP contribution in [0.3, 0.4) is 0 Å². The zero-order chi connectivity index (χ0) is 14.8. The summed E-state index contributed by atoms with van der Waals surface area (Å²) in [4.78, 5) is 6.92. The monoisotopic (exact) mass is 282 g/mol. The van der Waals surface area contributed by atoms with Gasteiger partial charge in [0.15, 0.2) is 5.96 Å². The van der Waals surface area contributed by atoms with Gasteiger partial charge in [-0.05, 0) is 38.1 Å². The molecule has 0 aromatic heterocycles. The first kappa shape index (κ1) is 17.3. The van der Waals surface area contributed by atoms with Gasteiger partial charge in [-0.25, -0.2) is 0 Å². The molecular weight excluding hydrogens is 248 g/mol. The first-order valence-electron chi connectivity index (χ1n) is 8.36. The minimum absolute atomic E-state index is 0.735. The number of piperidine rings is 1. The molecule has 4 nitrogen and oxygen atoms in total. The molecule has 1 rings (SSSR count). The molecule has 2 N–H and O–H groups in total. The molecule has 1 unspecified atom stereocenters. The fraction of sp³-hybridized carbons (Fsp3) is 0.938. The van der Waals surface area contributed by atoms with Crippen molar-refractivity contribution in [1.29, 1.82) is 0 Å². The van der Waals surface area contributed by atoms with Crippen molar-refractivity contribution in [3.63, 3.8) is 0 Å². The average Bonchev–Trinajstić information content (AvgIpc) is 2.45. The predicted octanol–water partition coefficient (Wildman–Crippen LogP) is 2.46. The highest BCUT2D eigenvalue weighted by molar-refractivity contribution is 5.79. The van der Waals surface area contributed by atoms with Crippen LogP contribution >= 0.6 is 0 Å². The lowest BCUT2D eigenvalue weighted by Crippen LogP contribution is -2.46. The Labute approximate surface area is 125 Å². The van der Waals surface area contributed by atoms with Gasteiger partial charge in [-0.1, -0.05) is 27.2 Å². The van der Waals surface area contributed by atoms with Crippen molar-refractivity contribution in [2.75, 3.05) is 33.2 Å². The zero-order valence-electron chi connectivity index (χ0n) is 13.9. The lowest BCUT2D eigenvalue weighted by Gasteiger charge is -2.35. The van der Waals surface area contributed by atoms with Gasteiger partial charge in [0, 0.05) is 32.7 Å². The fourth-order valence-corrected chi connectivity index (χ4v) is 2.83. The lowest BCUT2D eigenvalue weighted by atomic mass is 10.0. The number of rotatable bonds is 7. The molecule has 0 bridgehead atoms. The second-order valence-corrected chi connectivity index (χ2v) is 6.20. The van der Waals surface area contributed by atoms with Gasteiger partial charge >= 0.3 is 0 Å². The molecule has 4 heteroatoms. The first-order chi connectivity index (χ1) is 9.67. The Hall–Kier alpha value is -0.770. The third-order valence-electron chi connectivity index (χ3n) is 4.15. The van der Waals surface area contributed by atoms with E-state index >= 15 is 0 Å². The second kappa shape index (κ2) is 10.0. The molecule has 0 amide bonds. The maximum Gasteiger partial charge on any atom is 0.191 e. The van der Waals surface area contributed by atoms with Crippen LogP contribution < -0.4 is 10.6 Å². The first-order valence-corrected chi connectivity index (χ1v) is 8.36. The largest absolute Gasteiger partial charge is 0.356 e. The molecule has 118 valence electrons. The Kier molecular flexibility index (Phi) is 8.67. The molecule has 1 aliphatic rings. The van der Waals surface area contributed by atoms with E-state index in [0.29, 0.717) is 0 Å². The molecule has 1 atom stereocenters. The molecule has 0 aromatic carbocycles. The van der Waals surface area contributed by atoms with Gasteiger partial charge in [-0.2, -0.15) is 0 Å². The van der Waals surface area contributed by atoms with Crippen LogP contribution in [0.1, 0.15) is 52.9 Å². The van der Waals surface area contributed by atoms with Crippen molar-refractivity contribution in [3.05, 3.63) is 0 Å². The van der Waals surface area contributed by atoms with Gasteiger partial charge in [-0.3, -0.25) is 9.89 Å². The van der Waals surface area contributed by atoms with Crippen molar-refractivity contribution < 1.29 is 0 Å². The summed E-state index contributed by atoms with van der Waals surface area (Å²) in [5, 5.41) is 6.82. The van der Waals surface area contributed by atoms with E-state index in [1.807, 2.05) is 7.05 Å². The van der Waals surface area contributed by atoms with Crippen LogP contribution in [-0.4, -0.2) is 50.1 Å². The third kappa shape index (κ3) is 6.60. The Bertz CT molecular complexity index is 276. The number of guanidine groups is 1. The summed E-state index contributed by atoms with van der Waals surface area (Å²) < 4.78 is 0. The molecule has 1 aliphatic heterocycles. The summed E-state index contributed by atoms with van der Waals surface area (Å²) in [6, 6.07) is 0.793. The summed E-state index contributed by atoms with van der Waals surface area (Å²) in [6.07, 6.45) is 6.60. The quantitative estimate of drug-likeness (QED) is 0.556. The minimum atomic E-state index is 0.735. The summed E-state index contributed by atoms with van der Waals surface area (Å²) in [6.45, 7) is 11.2. The SMILES string of the molecule is CCC1CCCCN1CCNC(=NC)NCCC(C)C. The molecule has 0 aromatic rings. The van der Waals surface area contributed by atoms with E-state index in [2.05, 4.69) is 41.3 Å². The lowest BCUT2D eigenvalue weighted by molar-refractivity contribution is 0.147. The number of hydrogen-bond acceptors (Lipinski definition) is 2. The standard InChI is InChI=1S/C16H34N4/c1-5-15-8-6-7-12-20(15)13-11-19-16(17-4)18-10-9-14(2)3/h14-15H,5-13H2,1-4H3,(H2,17,18,19). The average molecular weight is 282 g/mol. The number of aliphatic imine (C=N–C) groups is 1. The van der Waals surface area contributed by atoms with Gasteiger partial charge in [-0.15, -0.1) is 0 Å². The van der Waals surface area contributed by atoms with Gasteiger partial charge < -0.3 is 10.6 Å².